The Morgan fingerprint density at radius 1 is 1.47 bits per heavy atom. The maximum absolute atomic E-state index is 12.0. The number of amides is 1. The van der Waals surface area contributed by atoms with Gasteiger partial charge in [-0.25, -0.2) is 14.6 Å². The van der Waals surface area contributed by atoms with E-state index in [0.717, 1.165) is 9.47 Å². The molecule has 102 valence electrons. The molecule has 1 fully saturated rings. The highest BCUT2D eigenvalue weighted by molar-refractivity contribution is 5.84. The minimum Gasteiger partial charge on any atom is -0.480 e. The van der Waals surface area contributed by atoms with E-state index < -0.39 is 29.7 Å². The van der Waals surface area contributed by atoms with Gasteiger partial charge in [0.2, 0.25) is 5.91 Å². The lowest BCUT2D eigenvalue weighted by atomic mass is 10.2. The number of nitrogens with zero attached hydrogens (tertiary/aromatic N) is 3. The molecule has 1 aromatic heterocycles. The summed E-state index contributed by atoms with van der Waals surface area (Å²) in [4.78, 5) is 38.9. The van der Waals surface area contributed by atoms with Gasteiger partial charge in [-0.15, -0.1) is 0 Å². The molecule has 1 saturated heterocycles. The van der Waals surface area contributed by atoms with Crippen LogP contribution in [0.25, 0.3) is 0 Å². The quantitative estimate of drug-likeness (QED) is 0.674. The first-order valence-corrected chi connectivity index (χ1v) is 5.71. The van der Waals surface area contributed by atoms with Crippen molar-refractivity contribution in [1.29, 1.82) is 0 Å². The van der Waals surface area contributed by atoms with Crippen LogP contribution in [0.15, 0.2) is 23.3 Å². The molecule has 2 heterocycles. The van der Waals surface area contributed by atoms with Crippen LogP contribution in [0, 0.1) is 0 Å². The molecule has 0 spiro atoms. The third kappa shape index (κ3) is 2.79. The van der Waals surface area contributed by atoms with E-state index in [9.17, 15) is 19.5 Å². The van der Waals surface area contributed by atoms with E-state index in [0.29, 0.717) is 0 Å². The van der Waals surface area contributed by atoms with Crippen molar-refractivity contribution < 1.29 is 19.8 Å². The van der Waals surface area contributed by atoms with Crippen molar-refractivity contribution in [3.63, 3.8) is 0 Å². The van der Waals surface area contributed by atoms with Gasteiger partial charge in [-0.3, -0.25) is 9.36 Å². The molecule has 8 heteroatoms. The van der Waals surface area contributed by atoms with Gasteiger partial charge in [0.25, 0.3) is 0 Å². The lowest BCUT2D eigenvalue weighted by Gasteiger charge is -2.21. The number of aromatic nitrogens is 2. The first-order chi connectivity index (χ1) is 8.99. The van der Waals surface area contributed by atoms with Crippen molar-refractivity contribution >= 4 is 11.9 Å². The van der Waals surface area contributed by atoms with Crippen LogP contribution in [-0.4, -0.2) is 55.2 Å². The minimum atomic E-state index is -1.16. The van der Waals surface area contributed by atoms with Crippen LogP contribution in [-0.2, 0) is 16.1 Å². The topological polar surface area (TPSA) is 113 Å². The molecular weight excluding hydrogens is 254 g/mol. The molecule has 8 nitrogen and oxygen atoms in total. The van der Waals surface area contributed by atoms with Crippen molar-refractivity contribution in [2.24, 2.45) is 0 Å². The highest BCUT2D eigenvalue weighted by atomic mass is 16.4. The number of rotatable bonds is 3. The predicted octanol–water partition coefficient (Wildman–Crippen LogP) is -1.71. The molecule has 1 amide bonds. The maximum atomic E-state index is 12.0. The number of hydrogen-bond donors (Lipinski definition) is 2. The Bertz CT molecular complexity index is 555. The second kappa shape index (κ2) is 5.19. The summed E-state index contributed by atoms with van der Waals surface area (Å²) in [6, 6.07) is 0.456. The molecule has 2 rings (SSSR count). The molecule has 1 aromatic rings. The molecule has 1 aliphatic rings. The number of likely N-dealkylation sites (tertiary alicyclic amines) is 1. The fraction of sp³-hybridized carbons (Fsp3) is 0.455. The summed E-state index contributed by atoms with van der Waals surface area (Å²) in [5.74, 6) is -1.69. The van der Waals surface area contributed by atoms with Gasteiger partial charge in [0.05, 0.1) is 6.10 Å². The Kier molecular flexibility index (Phi) is 3.61. The van der Waals surface area contributed by atoms with Gasteiger partial charge in [-0.05, 0) is 6.07 Å². The molecule has 2 N–H and O–H groups in total. The molecule has 0 aromatic carbocycles. The summed E-state index contributed by atoms with van der Waals surface area (Å²) in [7, 11) is 0. The van der Waals surface area contributed by atoms with Gasteiger partial charge in [-0.2, -0.15) is 0 Å². The number of carboxylic acid groups (broad SMARTS) is 1. The Hall–Kier alpha value is -2.22. The van der Waals surface area contributed by atoms with E-state index in [1.54, 1.807) is 0 Å². The molecule has 2 atom stereocenters. The Labute approximate surface area is 107 Å². The van der Waals surface area contributed by atoms with E-state index in [1.807, 2.05) is 0 Å². The number of aliphatic hydroxyl groups is 1. The summed E-state index contributed by atoms with van der Waals surface area (Å²) in [5.41, 5.74) is -0.581. The van der Waals surface area contributed by atoms with Crippen LogP contribution < -0.4 is 5.69 Å². The van der Waals surface area contributed by atoms with Crippen LogP contribution in [0.3, 0.4) is 0 Å². The number of carbonyl (C=O) groups excluding carboxylic acids is 1. The number of β-amino-alcohol motifs (C(OH)–C–C–N with tert-alkyl or cyclic N) is 1. The first-order valence-electron chi connectivity index (χ1n) is 5.71. The molecule has 0 aliphatic carbocycles. The SMILES string of the molecule is O=C(O)[C@@H]1C[C@H](O)CN1C(=O)Cn1cccnc1=O. The number of aliphatic hydroxyl groups excluding tert-OH is 1. The van der Waals surface area contributed by atoms with Crippen LogP contribution in [0.1, 0.15) is 6.42 Å². The van der Waals surface area contributed by atoms with E-state index in [2.05, 4.69) is 4.98 Å². The monoisotopic (exact) mass is 267 g/mol. The highest BCUT2D eigenvalue weighted by Crippen LogP contribution is 2.18. The van der Waals surface area contributed by atoms with Crippen LogP contribution in [0.2, 0.25) is 0 Å². The average molecular weight is 267 g/mol. The third-order valence-corrected chi connectivity index (χ3v) is 2.97. The van der Waals surface area contributed by atoms with Crippen LogP contribution in [0.5, 0.6) is 0 Å². The fourth-order valence-corrected chi connectivity index (χ4v) is 2.07. The number of carbonyl (C=O) groups is 2. The summed E-state index contributed by atoms with van der Waals surface area (Å²) in [5, 5.41) is 18.4. The van der Waals surface area contributed by atoms with Gasteiger partial charge in [0.1, 0.15) is 12.6 Å². The van der Waals surface area contributed by atoms with Crippen molar-refractivity contribution in [2.45, 2.75) is 25.1 Å². The predicted molar refractivity (Wildman–Crippen MR) is 62.3 cm³/mol. The molecule has 19 heavy (non-hydrogen) atoms. The molecule has 0 bridgehead atoms. The number of hydrogen-bond acceptors (Lipinski definition) is 5. The van der Waals surface area contributed by atoms with Gasteiger partial charge in [0.15, 0.2) is 0 Å². The van der Waals surface area contributed by atoms with E-state index in [-0.39, 0.29) is 19.5 Å². The Morgan fingerprint density at radius 3 is 2.84 bits per heavy atom. The summed E-state index contributed by atoms with van der Waals surface area (Å²) in [6.07, 6.45) is 1.86. The van der Waals surface area contributed by atoms with Crippen LogP contribution >= 0.6 is 0 Å². The van der Waals surface area contributed by atoms with Crippen molar-refractivity contribution in [3.8, 4) is 0 Å². The van der Waals surface area contributed by atoms with Crippen LogP contribution in [0.4, 0.5) is 0 Å². The highest BCUT2D eigenvalue weighted by Gasteiger charge is 2.38. The summed E-state index contributed by atoms with van der Waals surface area (Å²) in [6.45, 7) is -0.325. The minimum absolute atomic E-state index is 0.00299. The average Bonchev–Trinajstić information content (AvgIpc) is 2.74. The molecule has 0 saturated carbocycles. The molecular formula is C11H13N3O5. The number of aliphatic carboxylic acids is 1. The zero-order valence-electron chi connectivity index (χ0n) is 9.97. The smallest absolute Gasteiger partial charge is 0.347 e. The third-order valence-electron chi connectivity index (χ3n) is 2.97. The lowest BCUT2D eigenvalue weighted by Crippen LogP contribution is -2.43. The van der Waals surface area contributed by atoms with Gasteiger partial charge in [0, 0.05) is 25.4 Å². The molecule has 0 radical (unpaired) electrons. The van der Waals surface area contributed by atoms with Crippen molar-refractivity contribution in [3.05, 3.63) is 28.9 Å². The summed E-state index contributed by atoms with van der Waals surface area (Å²) < 4.78 is 1.09. The Balaban J connectivity index is 2.14. The molecule has 1 aliphatic heterocycles. The van der Waals surface area contributed by atoms with E-state index in [1.165, 1.54) is 18.5 Å². The standard InChI is InChI=1S/C11H13N3O5/c15-7-4-8(10(17)18)14(5-7)9(16)6-13-3-1-2-12-11(13)19/h1-3,7-8,15H,4-6H2,(H,17,18)/t7-,8-/m0/s1. The van der Waals surface area contributed by atoms with Gasteiger partial charge in [-0.1, -0.05) is 0 Å². The number of carboxylic acids is 1. The van der Waals surface area contributed by atoms with E-state index >= 15 is 0 Å². The zero-order valence-corrected chi connectivity index (χ0v) is 9.97. The lowest BCUT2D eigenvalue weighted by molar-refractivity contribution is -0.148. The fourth-order valence-electron chi connectivity index (χ4n) is 2.07. The van der Waals surface area contributed by atoms with Gasteiger partial charge >= 0.3 is 11.7 Å². The normalized spacial score (nSPS) is 22.5. The maximum Gasteiger partial charge on any atom is 0.347 e. The van der Waals surface area contributed by atoms with Gasteiger partial charge < -0.3 is 15.1 Å². The zero-order chi connectivity index (χ0) is 14.0. The van der Waals surface area contributed by atoms with E-state index in [4.69, 9.17) is 5.11 Å². The van der Waals surface area contributed by atoms with Crippen molar-refractivity contribution in [2.75, 3.05) is 6.54 Å². The second-order valence-electron chi connectivity index (χ2n) is 4.32. The molecule has 0 unspecified atom stereocenters. The Morgan fingerprint density at radius 2 is 2.21 bits per heavy atom. The van der Waals surface area contributed by atoms with Crippen molar-refractivity contribution in [1.82, 2.24) is 14.5 Å². The second-order valence-corrected chi connectivity index (χ2v) is 4.32. The summed E-state index contributed by atoms with van der Waals surface area (Å²) >= 11 is 0. The first kappa shape index (κ1) is 13.2. The largest absolute Gasteiger partial charge is 0.480 e.